The van der Waals surface area contributed by atoms with Gasteiger partial charge in [0.15, 0.2) is 0 Å². The Labute approximate surface area is 135 Å². The normalized spacial score (nSPS) is 19.7. The Morgan fingerprint density at radius 1 is 1.24 bits per heavy atom. The second-order valence-corrected chi connectivity index (χ2v) is 7.21. The lowest BCUT2D eigenvalue weighted by atomic mass is 10.4. The van der Waals surface area contributed by atoms with E-state index < -0.39 is 10.8 Å². The molecule has 3 rings (SSSR count). The Balaban J connectivity index is 1.75. The van der Waals surface area contributed by atoms with Gasteiger partial charge in [-0.2, -0.15) is 0 Å². The van der Waals surface area contributed by atoms with Gasteiger partial charge in [0.2, 0.25) is 5.28 Å². The van der Waals surface area contributed by atoms with Gasteiger partial charge in [0, 0.05) is 19.3 Å². The maximum atomic E-state index is 12.7. The number of hydrogen-bond acceptors (Lipinski definition) is 4. The van der Waals surface area contributed by atoms with Crippen LogP contribution in [0.25, 0.3) is 0 Å². The first-order chi connectivity index (χ1) is 10.1. The lowest BCUT2D eigenvalue weighted by Gasteiger charge is -2.17. The highest BCUT2D eigenvalue weighted by molar-refractivity contribution is 7.85. The third-order valence-corrected chi connectivity index (χ3v) is 5.84. The molecule has 0 bridgehead atoms. The summed E-state index contributed by atoms with van der Waals surface area (Å²) in [5.41, 5.74) is 0. The minimum atomic E-state index is -1.12. The first kappa shape index (κ1) is 14.8. The number of aromatic nitrogens is 2. The standard InChI is InChI=1S/C14H13Cl2N3OS/c15-11-3-1-2-4-12(11)21(20)10-6-8-19(9-10)13-5-7-17-14(16)18-13/h1-5,7,10H,6,8-9H2. The highest BCUT2D eigenvalue weighted by atomic mass is 35.5. The maximum absolute atomic E-state index is 12.7. The molecule has 0 aliphatic carbocycles. The largest absolute Gasteiger partial charge is 0.355 e. The van der Waals surface area contributed by atoms with Gasteiger partial charge in [-0.1, -0.05) is 23.7 Å². The number of hydrogen-bond donors (Lipinski definition) is 0. The molecule has 1 fully saturated rings. The fourth-order valence-corrected chi connectivity index (χ4v) is 4.37. The van der Waals surface area contributed by atoms with Gasteiger partial charge in [0.1, 0.15) is 5.82 Å². The zero-order valence-electron chi connectivity index (χ0n) is 11.1. The lowest BCUT2D eigenvalue weighted by molar-refractivity contribution is 0.673. The van der Waals surface area contributed by atoms with E-state index in [0.717, 1.165) is 18.8 Å². The molecule has 2 unspecified atom stereocenters. The Hall–Kier alpha value is -1.17. The van der Waals surface area contributed by atoms with Gasteiger partial charge in [-0.05, 0) is 36.2 Å². The van der Waals surface area contributed by atoms with Crippen molar-refractivity contribution in [1.82, 2.24) is 9.97 Å². The van der Waals surface area contributed by atoms with E-state index >= 15 is 0 Å². The van der Waals surface area contributed by atoms with Crippen LogP contribution in [0, 0.1) is 0 Å². The van der Waals surface area contributed by atoms with Crippen LogP contribution in [0.3, 0.4) is 0 Å². The molecule has 2 atom stereocenters. The van der Waals surface area contributed by atoms with Crippen molar-refractivity contribution in [3.8, 4) is 0 Å². The fraction of sp³-hybridized carbons (Fsp3) is 0.286. The molecule has 110 valence electrons. The third-order valence-electron chi connectivity index (χ3n) is 3.44. The van der Waals surface area contributed by atoms with Gasteiger partial charge in [-0.15, -0.1) is 0 Å². The topological polar surface area (TPSA) is 46.1 Å². The first-order valence-electron chi connectivity index (χ1n) is 6.54. The molecule has 2 heterocycles. The first-order valence-corrected chi connectivity index (χ1v) is 8.50. The highest BCUT2D eigenvalue weighted by Crippen LogP contribution is 2.27. The van der Waals surface area contributed by atoms with Gasteiger partial charge < -0.3 is 4.90 Å². The molecule has 21 heavy (non-hydrogen) atoms. The predicted octanol–water partition coefficient (Wildman–Crippen LogP) is 3.17. The van der Waals surface area contributed by atoms with Crippen molar-refractivity contribution in [2.75, 3.05) is 18.0 Å². The molecule has 0 N–H and O–H groups in total. The van der Waals surface area contributed by atoms with Crippen LogP contribution in [0.5, 0.6) is 0 Å². The van der Waals surface area contributed by atoms with Crippen molar-refractivity contribution in [2.24, 2.45) is 0 Å². The average molecular weight is 342 g/mol. The minimum absolute atomic E-state index is 0.0404. The van der Waals surface area contributed by atoms with Crippen LogP contribution in [0.4, 0.5) is 5.82 Å². The Bertz CT molecular complexity index is 683. The molecule has 2 aromatic rings. The Morgan fingerprint density at radius 2 is 2.05 bits per heavy atom. The summed E-state index contributed by atoms with van der Waals surface area (Å²) in [6, 6.07) is 9.10. The van der Waals surface area contributed by atoms with Gasteiger partial charge in [-0.3, -0.25) is 4.21 Å². The van der Waals surface area contributed by atoms with E-state index in [0.29, 0.717) is 16.5 Å². The molecular weight excluding hydrogens is 329 g/mol. The van der Waals surface area contributed by atoms with E-state index in [9.17, 15) is 4.21 Å². The smallest absolute Gasteiger partial charge is 0.224 e. The van der Waals surface area contributed by atoms with Crippen LogP contribution >= 0.6 is 23.2 Å². The zero-order valence-corrected chi connectivity index (χ0v) is 13.4. The summed E-state index contributed by atoms with van der Waals surface area (Å²) >= 11 is 11.9. The summed E-state index contributed by atoms with van der Waals surface area (Å²) in [4.78, 5) is 10.8. The molecule has 0 saturated carbocycles. The fourth-order valence-electron chi connectivity index (χ4n) is 2.40. The molecule has 1 aromatic heterocycles. The molecule has 1 aliphatic heterocycles. The molecular formula is C14H13Cl2N3OS. The molecule has 0 amide bonds. The molecule has 0 spiro atoms. The van der Waals surface area contributed by atoms with Crippen LogP contribution in [-0.2, 0) is 10.8 Å². The predicted molar refractivity (Wildman–Crippen MR) is 85.5 cm³/mol. The highest BCUT2D eigenvalue weighted by Gasteiger charge is 2.29. The number of anilines is 1. The van der Waals surface area contributed by atoms with E-state index in [1.807, 2.05) is 24.3 Å². The van der Waals surface area contributed by atoms with Crippen molar-refractivity contribution in [2.45, 2.75) is 16.6 Å². The van der Waals surface area contributed by atoms with Crippen LogP contribution in [0.2, 0.25) is 10.3 Å². The summed E-state index contributed by atoms with van der Waals surface area (Å²) in [6.45, 7) is 1.47. The van der Waals surface area contributed by atoms with Crippen LogP contribution < -0.4 is 4.90 Å². The summed E-state index contributed by atoms with van der Waals surface area (Å²) in [5.74, 6) is 0.772. The van der Waals surface area contributed by atoms with Crippen molar-refractivity contribution in [1.29, 1.82) is 0 Å². The van der Waals surface area contributed by atoms with E-state index in [1.165, 1.54) is 0 Å². The summed E-state index contributed by atoms with van der Waals surface area (Å²) in [7, 11) is -1.12. The summed E-state index contributed by atoms with van der Waals surface area (Å²) < 4.78 is 12.7. The minimum Gasteiger partial charge on any atom is -0.355 e. The maximum Gasteiger partial charge on any atom is 0.224 e. The number of nitrogens with zero attached hydrogens (tertiary/aromatic N) is 3. The number of halogens is 2. The number of benzene rings is 1. The SMILES string of the molecule is O=S(c1ccccc1Cl)C1CCN(c2ccnc(Cl)n2)C1. The van der Waals surface area contributed by atoms with Gasteiger partial charge in [0.25, 0.3) is 0 Å². The Kier molecular flexibility index (Phi) is 4.42. The van der Waals surface area contributed by atoms with Gasteiger partial charge in [-0.25, -0.2) is 9.97 Å². The second-order valence-electron chi connectivity index (χ2n) is 4.77. The molecule has 1 saturated heterocycles. The molecule has 7 heteroatoms. The van der Waals surface area contributed by atoms with E-state index in [-0.39, 0.29) is 10.5 Å². The van der Waals surface area contributed by atoms with Crippen LogP contribution in [0.1, 0.15) is 6.42 Å². The Morgan fingerprint density at radius 3 is 2.81 bits per heavy atom. The van der Waals surface area contributed by atoms with Gasteiger partial charge in [0.05, 0.1) is 26.0 Å². The van der Waals surface area contributed by atoms with E-state index in [1.54, 1.807) is 12.3 Å². The monoisotopic (exact) mass is 341 g/mol. The van der Waals surface area contributed by atoms with Crippen molar-refractivity contribution < 1.29 is 4.21 Å². The van der Waals surface area contributed by atoms with Crippen molar-refractivity contribution >= 4 is 39.8 Å². The third kappa shape index (κ3) is 3.20. The van der Waals surface area contributed by atoms with Gasteiger partial charge >= 0.3 is 0 Å². The molecule has 0 radical (unpaired) electrons. The number of rotatable bonds is 3. The summed E-state index contributed by atoms with van der Waals surface area (Å²) in [6.07, 6.45) is 2.46. The van der Waals surface area contributed by atoms with Crippen molar-refractivity contribution in [3.05, 3.63) is 46.8 Å². The van der Waals surface area contributed by atoms with Crippen LogP contribution in [0.15, 0.2) is 41.4 Å². The quantitative estimate of drug-likeness (QED) is 0.804. The molecule has 1 aliphatic rings. The van der Waals surface area contributed by atoms with E-state index in [2.05, 4.69) is 14.9 Å². The molecule has 1 aromatic carbocycles. The average Bonchev–Trinajstić information content (AvgIpc) is 2.97. The van der Waals surface area contributed by atoms with E-state index in [4.69, 9.17) is 23.2 Å². The van der Waals surface area contributed by atoms with Crippen LogP contribution in [-0.4, -0.2) is 32.5 Å². The summed E-state index contributed by atoms with van der Waals surface area (Å²) in [5, 5.41) is 0.821. The zero-order chi connectivity index (χ0) is 14.8. The lowest BCUT2D eigenvalue weighted by Crippen LogP contribution is -2.24. The second kappa shape index (κ2) is 6.30. The molecule has 4 nitrogen and oxygen atoms in total. The van der Waals surface area contributed by atoms with Crippen molar-refractivity contribution in [3.63, 3.8) is 0 Å².